The number of fused-ring (bicyclic) bond motifs is 1. The van der Waals surface area contributed by atoms with Crippen molar-refractivity contribution in [3.05, 3.63) is 52.9 Å². The molecule has 1 atom stereocenters. The molecule has 2 aliphatic rings. The molecular weight excluding hydrogens is 388 g/mol. The van der Waals surface area contributed by atoms with Gasteiger partial charge in [0.15, 0.2) is 11.0 Å². The number of carbonyl (C=O) groups excluding carboxylic acids is 1. The van der Waals surface area contributed by atoms with Crippen LogP contribution in [0.15, 0.2) is 46.9 Å². The molecule has 0 radical (unpaired) electrons. The van der Waals surface area contributed by atoms with Gasteiger partial charge in [0.1, 0.15) is 0 Å². The van der Waals surface area contributed by atoms with Crippen LogP contribution in [0.4, 0.5) is 0 Å². The summed E-state index contributed by atoms with van der Waals surface area (Å²) in [7, 11) is 0. The molecule has 1 amide bonds. The van der Waals surface area contributed by atoms with Crippen molar-refractivity contribution in [3.8, 4) is 10.7 Å². The summed E-state index contributed by atoms with van der Waals surface area (Å²) < 4.78 is 2.24. The van der Waals surface area contributed by atoms with E-state index in [9.17, 15) is 4.79 Å². The molecule has 0 N–H and O–H groups in total. The molecule has 3 aromatic rings. The van der Waals surface area contributed by atoms with Gasteiger partial charge < -0.3 is 4.90 Å². The third-order valence-corrected chi connectivity index (χ3v) is 7.30. The number of amides is 1. The van der Waals surface area contributed by atoms with Gasteiger partial charge in [0.05, 0.1) is 10.1 Å². The zero-order valence-corrected chi connectivity index (χ0v) is 17.4. The first-order valence-electron chi connectivity index (χ1n) is 9.71. The fourth-order valence-corrected chi connectivity index (χ4v) is 5.45. The minimum absolute atomic E-state index is 0.178. The Hall–Kier alpha value is -2.12. The molecule has 1 saturated carbocycles. The molecule has 144 valence electrons. The van der Waals surface area contributed by atoms with Gasteiger partial charge in [0.25, 0.3) is 0 Å². The number of benzene rings is 1. The van der Waals surface area contributed by atoms with Gasteiger partial charge in [0, 0.05) is 19.1 Å². The fourth-order valence-electron chi connectivity index (χ4n) is 3.74. The molecule has 1 aliphatic carbocycles. The van der Waals surface area contributed by atoms with Crippen molar-refractivity contribution in [2.24, 2.45) is 0 Å². The number of thioether (sulfide) groups is 1. The molecule has 5 rings (SSSR count). The highest BCUT2D eigenvalue weighted by Crippen LogP contribution is 2.42. The van der Waals surface area contributed by atoms with Gasteiger partial charge in [-0.25, -0.2) is 0 Å². The van der Waals surface area contributed by atoms with Gasteiger partial charge in [-0.1, -0.05) is 42.1 Å². The monoisotopic (exact) mass is 410 g/mol. The van der Waals surface area contributed by atoms with Gasteiger partial charge in [0.2, 0.25) is 5.91 Å². The standard InChI is InChI=1S/C21H22N4OS2/c1-14(20(26)24-11-10-15-5-2-3-6-16(15)13-24)28-21-23-22-19(18-7-4-12-27-18)25(21)17-8-9-17/h2-7,12,14,17H,8-11,13H2,1H3/t14-/m0/s1. The molecule has 1 aromatic carbocycles. The van der Waals surface area contributed by atoms with Gasteiger partial charge >= 0.3 is 0 Å². The van der Waals surface area contributed by atoms with Crippen molar-refractivity contribution >= 4 is 29.0 Å². The highest BCUT2D eigenvalue weighted by Gasteiger charge is 2.33. The Morgan fingerprint density at radius 2 is 2.00 bits per heavy atom. The Balaban J connectivity index is 1.33. The second-order valence-corrected chi connectivity index (χ2v) is 9.68. The van der Waals surface area contributed by atoms with E-state index in [4.69, 9.17) is 0 Å². The zero-order valence-electron chi connectivity index (χ0n) is 15.7. The van der Waals surface area contributed by atoms with Crippen molar-refractivity contribution in [2.75, 3.05) is 6.54 Å². The van der Waals surface area contributed by atoms with Gasteiger partial charge in [-0.2, -0.15) is 0 Å². The smallest absolute Gasteiger partial charge is 0.236 e. The van der Waals surface area contributed by atoms with Crippen LogP contribution in [0.3, 0.4) is 0 Å². The number of rotatable bonds is 5. The van der Waals surface area contributed by atoms with E-state index in [0.29, 0.717) is 12.6 Å². The van der Waals surface area contributed by atoms with Crippen LogP contribution >= 0.6 is 23.1 Å². The van der Waals surface area contributed by atoms with Crippen molar-refractivity contribution in [1.82, 2.24) is 19.7 Å². The van der Waals surface area contributed by atoms with Gasteiger partial charge in [-0.05, 0) is 48.8 Å². The van der Waals surface area contributed by atoms with Crippen molar-refractivity contribution in [3.63, 3.8) is 0 Å². The van der Waals surface area contributed by atoms with Crippen molar-refractivity contribution in [1.29, 1.82) is 0 Å². The Morgan fingerprint density at radius 3 is 2.75 bits per heavy atom. The molecule has 0 unspecified atom stereocenters. The van der Waals surface area contributed by atoms with Crippen LogP contribution in [0.25, 0.3) is 10.7 Å². The van der Waals surface area contributed by atoms with E-state index in [1.807, 2.05) is 17.9 Å². The lowest BCUT2D eigenvalue weighted by molar-refractivity contribution is -0.131. The van der Waals surface area contributed by atoms with Crippen molar-refractivity contribution in [2.45, 2.75) is 49.2 Å². The molecule has 1 fully saturated rings. The lowest BCUT2D eigenvalue weighted by Crippen LogP contribution is -2.40. The molecule has 2 aromatic heterocycles. The number of aromatic nitrogens is 3. The molecular formula is C21H22N4OS2. The summed E-state index contributed by atoms with van der Waals surface area (Å²) in [4.78, 5) is 16.2. The summed E-state index contributed by atoms with van der Waals surface area (Å²) in [6, 6.07) is 13.0. The minimum atomic E-state index is -0.178. The van der Waals surface area contributed by atoms with E-state index in [-0.39, 0.29) is 11.2 Å². The van der Waals surface area contributed by atoms with E-state index in [0.717, 1.165) is 41.7 Å². The molecule has 0 bridgehead atoms. The van der Waals surface area contributed by atoms with Crippen LogP contribution in [0.2, 0.25) is 0 Å². The Kier molecular flexibility index (Phi) is 4.72. The summed E-state index contributed by atoms with van der Waals surface area (Å²) >= 11 is 3.22. The number of carbonyl (C=O) groups is 1. The molecule has 1 aliphatic heterocycles. The third-order valence-electron chi connectivity index (χ3n) is 5.39. The van der Waals surface area contributed by atoms with Crippen LogP contribution in [-0.2, 0) is 17.8 Å². The van der Waals surface area contributed by atoms with E-state index in [2.05, 4.69) is 50.5 Å². The highest BCUT2D eigenvalue weighted by molar-refractivity contribution is 8.00. The van der Waals surface area contributed by atoms with E-state index < -0.39 is 0 Å². The Labute approximate surface area is 172 Å². The van der Waals surface area contributed by atoms with Crippen LogP contribution in [-0.4, -0.2) is 37.4 Å². The summed E-state index contributed by atoms with van der Waals surface area (Å²) in [5.41, 5.74) is 2.63. The summed E-state index contributed by atoms with van der Waals surface area (Å²) in [6.45, 7) is 3.48. The molecule has 5 nitrogen and oxygen atoms in total. The lowest BCUT2D eigenvalue weighted by Gasteiger charge is -2.30. The second-order valence-electron chi connectivity index (χ2n) is 7.42. The average Bonchev–Trinajstić information content (AvgIpc) is 3.24. The molecule has 0 spiro atoms. The molecule has 28 heavy (non-hydrogen) atoms. The van der Waals surface area contributed by atoms with Crippen LogP contribution < -0.4 is 0 Å². The van der Waals surface area contributed by atoms with E-state index >= 15 is 0 Å². The topological polar surface area (TPSA) is 51.0 Å². The molecule has 7 heteroatoms. The number of nitrogens with zero attached hydrogens (tertiary/aromatic N) is 4. The first-order valence-corrected chi connectivity index (χ1v) is 11.5. The predicted octanol–water partition coefficient (Wildman–Crippen LogP) is 4.41. The summed E-state index contributed by atoms with van der Waals surface area (Å²) in [5, 5.41) is 11.7. The largest absolute Gasteiger partial charge is 0.337 e. The first-order chi connectivity index (χ1) is 13.7. The first kappa shape index (κ1) is 17.9. The third kappa shape index (κ3) is 3.37. The zero-order chi connectivity index (χ0) is 19.1. The lowest BCUT2D eigenvalue weighted by atomic mass is 10.00. The summed E-state index contributed by atoms with van der Waals surface area (Å²) in [5.74, 6) is 1.12. The fraction of sp³-hybridized carbons (Fsp3) is 0.381. The normalized spacial score (nSPS) is 17.4. The van der Waals surface area contributed by atoms with Crippen LogP contribution in [0.5, 0.6) is 0 Å². The summed E-state index contributed by atoms with van der Waals surface area (Å²) in [6.07, 6.45) is 3.25. The number of hydrogen-bond donors (Lipinski definition) is 0. The minimum Gasteiger partial charge on any atom is -0.337 e. The van der Waals surface area contributed by atoms with Crippen molar-refractivity contribution < 1.29 is 4.79 Å². The maximum Gasteiger partial charge on any atom is 0.236 e. The van der Waals surface area contributed by atoms with Crippen LogP contribution in [0.1, 0.15) is 36.9 Å². The Morgan fingerprint density at radius 1 is 1.18 bits per heavy atom. The SMILES string of the molecule is C[C@H](Sc1nnc(-c2cccs2)n1C1CC1)C(=O)N1CCc2ccccc2C1. The maximum absolute atomic E-state index is 13.1. The van der Waals surface area contributed by atoms with Gasteiger partial charge in [-0.15, -0.1) is 21.5 Å². The van der Waals surface area contributed by atoms with Crippen LogP contribution in [0, 0.1) is 0 Å². The van der Waals surface area contributed by atoms with E-state index in [1.165, 1.54) is 11.1 Å². The quantitative estimate of drug-likeness (QED) is 0.585. The number of hydrogen-bond acceptors (Lipinski definition) is 5. The molecule has 0 saturated heterocycles. The van der Waals surface area contributed by atoms with E-state index in [1.54, 1.807) is 23.1 Å². The number of thiophene rings is 1. The highest BCUT2D eigenvalue weighted by atomic mass is 32.2. The van der Waals surface area contributed by atoms with Gasteiger partial charge in [-0.3, -0.25) is 9.36 Å². The second kappa shape index (κ2) is 7.37. The predicted molar refractivity (Wildman–Crippen MR) is 112 cm³/mol. The Bertz CT molecular complexity index is 994. The molecule has 3 heterocycles. The average molecular weight is 411 g/mol. The maximum atomic E-state index is 13.1.